The van der Waals surface area contributed by atoms with Crippen molar-refractivity contribution >= 4 is 43.6 Å². The van der Waals surface area contributed by atoms with Gasteiger partial charge in [0.15, 0.2) is 0 Å². The average Bonchev–Trinajstić information content (AvgIpc) is 2.72. The van der Waals surface area contributed by atoms with Crippen LogP contribution in [0.5, 0.6) is 0 Å². The second kappa shape index (κ2) is 8.10. The van der Waals surface area contributed by atoms with E-state index in [2.05, 4.69) is 40.2 Å². The number of amides is 1. The molecule has 146 valence electrons. The largest absolute Gasteiger partial charge is 0.450 e. The van der Waals surface area contributed by atoms with Gasteiger partial charge in [-0.3, -0.25) is 0 Å². The molecule has 3 aromatic carbocycles. The van der Waals surface area contributed by atoms with Crippen molar-refractivity contribution in [2.45, 2.75) is 38.3 Å². The predicted octanol–water partition coefficient (Wildman–Crippen LogP) is 5.80. The van der Waals surface area contributed by atoms with Crippen LogP contribution in [0.4, 0.5) is 4.79 Å². The zero-order valence-electron chi connectivity index (χ0n) is 15.9. The third kappa shape index (κ3) is 3.49. The molecule has 1 aliphatic rings. The number of aliphatic hydroxyl groups is 1. The Labute approximate surface area is 173 Å². The Morgan fingerprint density at radius 2 is 2.00 bits per heavy atom. The maximum atomic E-state index is 12.5. The highest BCUT2D eigenvalue weighted by molar-refractivity contribution is 9.10. The third-order valence-corrected chi connectivity index (χ3v) is 6.08. The van der Waals surface area contributed by atoms with E-state index in [0.717, 1.165) is 50.8 Å². The van der Waals surface area contributed by atoms with Gasteiger partial charge in [-0.25, -0.2) is 4.79 Å². The highest BCUT2D eigenvalue weighted by Crippen LogP contribution is 2.37. The van der Waals surface area contributed by atoms with Crippen LogP contribution in [0.1, 0.15) is 37.9 Å². The van der Waals surface area contributed by atoms with E-state index in [9.17, 15) is 9.90 Å². The highest BCUT2D eigenvalue weighted by Gasteiger charge is 2.34. The van der Waals surface area contributed by atoms with Gasteiger partial charge in [0.1, 0.15) is 6.10 Å². The van der Waals surface area contributed by atoms with E-state index in [1.165, 1.54) is 0 Å². The summed E-state index contributed by atoms with van der Waals surface area (Å²) in [4.78, 5) is 14.2. The molecular weight excluding hydrogens is 418 g/mol. The van der Waals surface area contributed by atoms with Crippen molar-refractivity contribution in [2.24, 2.45) is 0 Å². The van der Waals surface area contributed by atoms with Crippen molar-refractivity contribution in [1.29, 1.82) is 0 Å². The van der Waals surface area contributed by atoms with E-state index >= 15 is 0 Å². The van der Waals surface area contributed by atoms with Crippen LogP contribution in [0.15, 0.2) is 53.0 Å². The first kappa shape index (κ1) is 19.2. The molecule has 0 radical (unpaired) electrons. The van der Waals surface area contributed by atoms with E-state index < -0.39 is 6.10 Å². The van der Waals surface area contributed by atoms with Crippen molar-refractivity contribution in [1.82, 2.24) is 4.90 Å². The van der Waals surface area contributed by atoms with Gasteiger partial charge < -0.3 is 14.7 Å². The molecule has 3 aromatic rings. The Hall–Kier alpha value is -2.11. The maximum Gasteiger partial charge on any atom is 0.410 e. The number of aliphatic hydroxyl groups excluding tert-OH is 1. The quantitative estimate of drug-likeness (QED) is 0.522. The number of likely N-dealkylation sites (tertiary alicyclic amines) is 1. The van der Waals surface area contributed by atoms with Gasteiger partial charge in [0, 0.05) is 11.0 Å². The number of hydrogen-bond acceptors (Lipinski definition) is 3. The number of piperidine rings is 1. The summed E-state index contributed by atoms with van der Waals surface area (Å²) in [6.07, 6.45) is 1.60. The Kier molecular flexibility index (Phi) is 5.56. The molecule has 1 fully saturated rings. The van der Waals surface area contributed by atoms with E-state index in [1.807, 2.05) is 31.2 Å². The third-order valence-electron chi connectivity index (χ3n) is 5.59. The molecule has 0 aromatic heterocycles. The molecule has 1 N–H and O–H groups in total. The Morgan fingerprint density at radius 1 is 1.18 bits per heavy atom. The lowest BCUT2D eigenvalue weighted by atomic mass is 9.88. The lowest BCUT2D eigenvalue weighted by molar-refractivity contribution is 0.0179. The van der Waals surface area contributed by atoms with Crippen LogP contribution in [0.3, 0.4) is 0 Å². The average molecular weight is 442 g/mol. The van der Waals surface area contributed by atoms with Gasteiger partial charge >= 0.3 is 6.09 Å². The minimum atomic E-state index is -0.766. The van der Waals surface area contributed by atoms with Crippen molar-refractivity contribution in [3.05, 3.63) is 58.6 Å². The fraction of sp³-hybridized carbons (Fsp3) is 0.348. The summed E-state index contributed by atoms with van der Waals surface area (Å²) in [6.45, 7) is 2.77. The molecule has 4 nitrogen and oxygen atoms in total. The molecule has 1 saturated heterocycles. The predicted molar refractivity (Wildman–Crippen MR) is 115 cm³/mol. The fourth-order valence-corrected chi connectivity index (χ4v) is 4.64. The van der Waals surface area contributed by atoms with Crippen LogP contribution in [0, 0.1) is 0 Å². The lowest BCUT2D eigenvalue weighted by Crippen LogP contribution is -2.47. The first-order chi connectivity index (χ1) is 13.6. The fourth-order valence-electron chi connectivity index (χ4n) is 4.28. The van der Waals surface area contributed by atoms with Gasteiger partial charge in [-0.1, -0.05) is 46.3 Å². The van der Waals surface area contributed by atoms with Crippen molar-refractivity contribution in [3.8, 4) is 0 Å². The van der Waals surface area contributed by atoms with Gasteiger partial charge in [0.2, 0.25) is 0 Å². The van der Waals surface area contributed by atoms with Gasteiger partial charge in [0.25, 0.3) is 0 Å². The number of benzene rings is 3. The number of hydrogen-bond donors (Lipinski definition) is 1. The Balaban J connectivity index is 1.83. The number of carbonyl (C=O) groups excluding carboxylic acids is 1. The summed E-state index contributed by atoms with van der Waals surface area (Å²) in [5, 5.41) is 15.8. The number of rotatable bonds is 3. The van der Waals surface area contributed by atoms with E-state index in [0.29, 0.717) is 13.2 Å². The van der Waals surface area contributed by atoms with Crippen LogP contribution in [-0.4, -0.2) is 35.3 Å². The zero-order chi connectivity index (χ0) is 19.7. The molecule has 0 saturated carbocycles. The molecule has 0 aliphatic carbocycles. The summed E-state index contributed by atoms with van der Waals surface area (Å²) in [6, 6.07) is 16.1. The van der Waals surface area contributed by atoms with Crippen molar-refractivity contribution in [3.63, 3.8) is 0 Å². The molecule has 2 atom stereocenters. The van der Waals surface area contributed by atoms with Crippen LogP contribution in [0.25, 0.3) is 21.5 Å². The first-order valence-corrected chi connectivity index (χ1v) is 10.6. The molecule has 4 rings (SSSR count). The first-order valence-electron chi connectivity index (χ1n) is 9.82. The van der Waals surface area contributed by atoms with Crippen LogP contribution >= 0.6 is 15.9 Å². The monoisotopic (exact) mass is 441 g/mol. The molecule has 1 amide bonds. The van der Waals surface area contributed by atoms with E-state index in [4.69, 9.17) is 4.74 Å². The Bertz CT molecular complexity index is 1020. The molecule has 0 spiro atoms. The Morgan fingerprint density at radius 3 is 2.82 bits per heavy atom. The van der Waals surface area contributed by atoms with E-state index in [1.54, 1.807) is 4.90 Å². The minimum absolute atomic E-state index is 0.277. The second-order valence-corrected chi connectivity index (χ2v) is 8.19. The molecule has 5 heteroatoms. The highest BCUT2D eigenvalue weighted by atomic mass is 79.9. The maximum absolute atomic E-state index is 12.5. The number of ether oxygens (including phenoxy) is 1. The number of nitrogens with zero attached hydrogens (tertiary/aromatic N) is 1. The zero-order valence-corrected chi connectivity index (χ0v) is 17.5. The van der Waals surface area contributed by atoms with Crippen LogP contribution < -0.4 is 0 Å². The van der Waals surface area contributed by atoms with Crippen molar-refractivity contribution < 1.29 is 14.6 Å². The molecule has 1 heterocycles. The van der Waals surface area contributed by atoms with Gasteiger partial charge in [0.05, 0.1) is 12.6 Å². The van der Waals surface area contributed by atoms with Gasteiger partial charge in [-0.2, -0.15) is 0 Å². The minimum Gasteiger partial charge on any atom is -0.450 e. The number of halogens is 1. The molecule has 2 unspecified atom stereocenters. The summed E-state index contributed by atoms with van der Waals surface area (Å²) < 4.78 is 6.24. The normalized spacial score (nSPS) is 18.4. The SMILES string of the molecule is CCOC(=O)N1CCCCC1C(O)c1cc2ccccc2c2cc(Br)ccc12. The summed E-state index contributed by atoms with van der Waals surface area (Å²) >= 11 is 3.57. The summed E-state index contributed by atoms with van der Waals surface area (Å²) in [7, 11) is 0. The summed E-state index contributed by atoms with van der Waals surface area (Å²) in [5.74, 6) is 0. The van der Waals surface area contributed by atoms with E-state index in [-0.39, 0.29) is 12.1 Å². The van der Waals surface area contributed by atoms with Crippen molar-refractivity contribution in [2.75, 3.05) is 13.2 Å². The lowest BCUT2D eigenvalue weighted by Gasteiger charge is -2.38. The number of fused-ring (bicyclic) bond motifs is 3. The topological polar surface area (TPSA) is 49.8 Å². The molecule has 1 aliphatic heterocycles. The second-order valence-electron chi connectivity index (χ2n) is 7.28. The van der Waals surface area contributed by atoms with Crippen LogP contribution in [-0.2, 0) is 4.74 Å². The smallest absolute Gasteiger partial charge is 0.410 e. The van der Waals surface area contributed by atoms with Gasteiger partial charge in [-0.05, 0) is 71.5 Å². The van der Waals surface area contributed by atoms with Gasteiger partial charge in [-0.15, -0.1) is 0 Å². The molecule has 28 heavy (non-hydrogen) atoms. The number of carbonyl (C=O) groups is 1. The molecular formula is C23H24BrNO3. The summed E-state index contributed by atoms with van der Waals surface area (Å²) in [5.41, 5.74) is 0.863. The molecule has 0 bridgehead atoms. The van der Waals surface area contributed by atoms with Crippen LogP contribution in [0.2, 0.25) is 0 Å². The standard InChI is InChI=1S/C23H24BrNO3/c1-2-28-23(27)25-12-6-5-9-21(25)22(26)20-13-15-7-3-4-8-17(15)19-14-16(24)10-11-18(19)20/h3-4,7-8,10-11,13-14,21-22,26H,2,5-6,9,12H2,1H3.